The van der Waals surface area contributed by atoms with Gasteiger partial charge in [-0.3, -0.25) is 0 Å². The molecule has 0 spiro atoms. The molecule has 0 saturated heterocycles. The SMILES string of the molecule is COCC(O)Cn1nnc(C(=O)O)c1C(F)F. The Balaban J connectivity index is 2.96. The number of carbonyl (C=O) groups is 1. The number of aliphatic hydroxyl groups is 1. The number of rotatable bonds is 6. The normalized spacial score (nSPS) is 13.0. The summed E-state index contributed by atoms with van der Waals surface area (Å²) in [5.74, 6) is -1.59. The van der Waals surface area contributed by atoms with Gasteiger partial charge in [-0.2, -0.15) is 0 Å². The lowest BCUT2D eigenvalue weighted by Gasteiger charge is -2.11. The summed E-state index contributed by atoms with van der Waals surface area (Å²) in [6, 6.07) is 0. The standard InChI is InChI=1S/C8H11F2N3O4/c1-17-3-4(14)2-13-6(7(9)10)5(8(15)16)11-12-13/h4,7,14H,2-3H2,1H3,(H,15,16). The van der Waals surface area contributed by atoms with Gasteiger partial charge in [0.15, 0.2) is 5.69 Å². The quantitative estimate of drug-likeness (QED) is 0.734. The number of aromatic carboxylic acids is 1. The van der Waals surface area contributed by atoms with Gasteiger partial charge in [-0.15, -0.1) is 5.10 Å². The number of ether oxygens (including phenoxy) is 1. The second-order valence-corrected chi connectivity index (χ2v) is 3.22. The molecule has 1 atom stereocenters. The van der Waals surface area contributed by atoms with Gasteiger partial charge in [0.05, 0.1) is 19.3 Å². The highest BCUT2D eigenvalue weighted by Crippen LogP contribution is 2.21. The molecule has 9 heteroatoms. The number of nitrogens with zero attached hydrogens (tertiary/aromatic N) is 3. The molecule has 0 amide bonds. The zero-order chi connectivity index (χ0) is 13.0. The third-order valence-corrected chi connectivity index (χ3v) is 1.93. The predicted octanol–water partition coefficient (Wildman–Crippen LogP) is -0.0788. The average molecular weight is 251 g/mol. The van der Waals surface area contributed by atoms with Crippen LogP contribution in [-0.4, -0.2) is 51.0 Å². The van der Waals surface area contributed by atoms with Crippen molar-refractivity contribution in [2.45, 2.75) is 19.1 Å². The van der Waals surface area contributed by atoms with Gasteiger partial charge < -0.3 is 14.9 Å². The summed E-state index contributed by atoms with van der Waals surface area (Å²) in [5, 5.41) is 24.4. The first-order valence-corrected chi connectivity index (χ1v) is 4.59. The van der Waals surface area contributed by atoms with Crippen molar-refractivity contribution >= 4 is 5.97 Å². The van der Waals surface area contributed by atoms with Gasteiger partial charge in [0.2, 0.25) is 0 Å². The first-order chi connectivity index (χ1) is 7.97. The first kappa shape index (κ1) is 13.5. The van der Waals surface area contributed by atoms with Crippen molar-refractivity contribution in [2.75, 3.05) is 13.7 Å². The third-order valence-electron chi connectivity index (χ3n) is 1.93. The third kappa shape index (κ3) is 3.17. The Morgan fingerprint density at radius 1 is 1.59 bits per heavy atom. The molecule has 1 unspecified atom stereocenters. The fourth-order valence-electron chi connectivity index (χ4n) is 1.27. The number of hydrogen-bond acceptors (Lipinski definition) is 5. The summed E-state index contributed by atoms with van der Waals surface area (Å²) in [6.07, 6.45) is -4.10. The van der Waals surface area contributed by atoms with Crippen LogP contribution in [0, 0.1) is 0 Å². The van der Waals surface area contributed by atoms with Gasteiger partial charge in [0.25, 0.3) is 6.43 Å². The topological polar surface area (TPSA) is 97.5 Å². The van der Waals surface area contributed by atoms with Crippen molar-refractivity contribution in [3.05, 3.63) is 11.4 Å². The fourth-order valence-corrected chi connectivity index (χ4v) is 1.27. The molecule has 1 aromatic rings. The Morgan fingerprint density at radius 3 is 2.71 bits per heavy atom. The van der Waals surface area contributed by atoms with Crippen molar-refractivity contribution in [1.82, 2.24) is 15.0 Å². The van der Waals surface area contributed by atoms with E-state index in [1.165, 1.54) is 7.11 Å². The van der Waals surface area contributed by atoms with Crippen LogP contribution in [0.1, 0.15) is 22.6 Å². The summed E-state index contributed by atoms with van der Waals surface area (Å²) >= 11 is 0. The maximum Gasteiger partial charge on any atom is 0.358 e. The Bertz CT molecular complexity index is 396. The molecule has 1 heterocycles. The number of hydrogen-bond donors (Lipinski definition) is 2. The predicted molar refractivity (Wildman–Crippen MR) is 49.8 cm³/mol. The number of aliphatic hydroxyl groups excluding tert-OH is 1. The van der Waals surface area contributed by atoms with Crippen molar-refractivity contribution in [2.24, 2.45) is 0 Å². The second kappa shape index (κ2) is 5.64. The highest BCUT2D eigenvalue weighted by atomic mass is 19.3. The zero-order valence-corrected chi connectivity index (χ0v) is 8.88. The van der Waals surface area contributed by atoms with Crippen molar-refractivity contribution in [1.29, 1.82) is 0 Å². The Morgan fingerprint density at radius 2 is 2.24 bits per heavy atom. The van der Waals surface area contributed by atoms with Gasteiger partial charge >= 0.3 is 5.97 Å². The van der Waals surface area contributed by atoms with Crippen LogP contribution in [0.3, 0.4) is 0 Å². The minimum Gasteiger partial charge on any atom is -0.476 e. The Hall–Kier alpha value is -1.61. The minimum absolute atomic E-state index is 0.0784. The van der Waals surface area contributed by atoms with Gasteiger partial charge in [0, 0.05) is 7.11 Å². The van der Waals surface area contributed by atoms with E-state index in [2.05, 4.69) is 15.0 Å². The van der Waals surface area contributed by atoms with Crippen LogP contribution in [0.15, 0.2) is 0 Å². The van der Waals surface area contributed by atoms with E-state index in [-0.39, 0.29) is 13.2 Å². The number of carboxylic acids is 1. The number of methoxy groups -OCH3 is 1. The number of halogens is 2. The Labute approximate surface area is 94.6 Å². The van der Waals surface area contributed by atoms with E-state index in [0.717, 1.165) is 0 Å². The molecule has 96 valence electrons. The summed E-state index contributed by atoms with van der Waals surface area (Å²) in [6.45, 7) is -0.390. The molecule has 0 bridgehead atoms. The van der Waals surface area contributed by atoms with E-state index >= 15 is 0 Å². The molecule has 0 saturated carbocycles. The second-order valence-electron chi connectivity index (χ2n) is 3.22. The van der Waals surface area contributed by atoms with E-state index in [1.54, 1.807) is 0 Å². The van der Waals surface area contributed by atoms with Gasteiger partial charge in [0.1, 0.15) is 5.69 Å². The van der Waals surface area contributed by atoms with Crippen LogP contribution in [0.4, 0.5) is 8.78 Å². The van der Waals surface area contributed by atoms with Crippen molar-refractivity contribution < 1.29 is 28.5 Å². The lowest BCUT2D eigenvalue weighted by molar-refractivity contribution is 0.0468. The number of aromatic nitrogens is 3. The van der Waals surface area contributed by atoms with Crippen molar-refractivity contribution in [3.8, 4) is 0 Å². The first-order valence-electron chi connectivity index (χ1n) is 4.59. The molecule has 17 heavy (non-hydrogen) atoms. The lowest BCUT2D eigenvalue weighted by atomic mass is 10.3. The Kier molecular flexibility index (Phi) is 4.46. The van der Waals surface area contributed by atoms with Gasteiger partial charge in [-0.05, 0) is 0 Å². The smallest absolute Gasteiger partial charge is 0.358 e. The molecule has 1 rings (SSSR count). The highest BCUT2D eigenvalue weighted by Gasteiger charge is 2.27. The zero-order valence-electron chi connectivity index (χ0n) is 8.88. The molecule has 1 aromatic heterocycles. The van der Waals surface area contributed by atoms with Crippen LogP contribution in [0.5, 0.6) is 0 Å². The van der Waals surface area contributed by atoms with E-state index in [4.69, 9.17) is 5.11 Å². The molecular formula is C8H11F2N3O4. The largest absolute Gasteiger partial charge is 0.476 e. The van der Waals surface area contributed by atoms with Gasteiger partial charge in [-0.25, -0.2) is 18.3 Å². The summed E-state index contributed by atoms with van der Waals surface area (Å²) in [7, 11) is 1.33. The lowest BCUT2D eigenvalue weighted by Crippen LogP contribution is -2.23. The average Bonchev–Trinajstić information content (AvgIpc) is 2.61. The molecule has 0 aromatic carbocycles. The molecule has 0 fully saturated rings. The summed E-state index contributed by atoms with van der Waals surface area (Å²) in [4.78, 5) is 10.6. The molecule has 7 nitrogen and oxygen atoms in total. The van der Waals surface area contributed by atoms with Crippen molar-refractivity contribution in [3.63, 3.8) is 0 Å². The summed E-state index contributed by atoms with van der Waals surface area (Å²) in [5.41, 5.74) is -1.64. The fraction of sp³-hybridized carbons (Fsp3) is 0.625. The van der Waals surface area contributed by atoms with E-state index in [1.807, 2.05) is 0 Å². The van der Waals surface area contributed by atoms with E-state index in [0.29, 0.717) is 4.68 Å². The van der Waals surface area contributed by atoms with Crippen LogP contribution < -0.4 is 0 Å². The maximum atomic E-state index is 12.6. The number of alkyl halides is 2. The van der Waals surface area contributed by atoms with E-state index < -0.39 is 29.9 Å². The molecule has 0 radical (unpaired) electrons. The maximum absolute atomic E-state index is 12.6. The highest BCUT2D eigenvalue weighted by molar-refractivity contribution is 5.86. The summed E-state index contributed by atoms with van der Waals surface area (Å²) < 4.78 is 30.6. The molecule has 0 aliphatic rings. The minimum atomic E-state index is -3.04. The van der Waals surface area contributed by atoms with Crippen LogP contribution in [0.2, 0.25) is 0 Å². The van der Waals surface area contributed by atoms with Gasteiger partial charge in [-0.1, -0.05) is 5.21 Å². The molecular weight excluding hydrogens is 240 g/mol. The van der Waals surface area contributed by atoms with Crippen LogP contribution in [-0.2, 0) is 11.3 Å². The van der Waals surface area contributed by atoms with Crippen LogP contribution in [0.25, 0.3) is 0 Å². The van der Waals surface area contributed by atoms with E-state index in [9.17, 15) is 18.7 Å². The monoisotopic (exact) mass is 251 g/mol. The molecule has 0 aliphatic heterocycles. The number of carboxylic acid groups (broad SMARTS) is 1. The molecule has 2 N–H and O–H groups in total. The molecule has 0 aliphatic carbocycles. The van der Waals surface area contributed by atoms with Crippen LogP contribution >= 0.6 is 0 Å².